The quantitative estimate of drug-likeness (QED) is 0.359. The highest BCUT2D eigenvalue weighted by molar-refractivity contribution is 7.14. The van der Waals surface area contributed by atoms with Crippen LogP contribution in [0, 0.1) is 0 Å². The number of nitrogens with one attached hydrogen (secondary N) is 4. The van der Waals surface area contributed by atoms with E-state index in [-0.39, 0.29) is 5.91 Å². The molecule has 3 aromatic heterocycles. The third-order valence-corrected chi connectivity index (χ3v) is 5.89. The van der Waals surface area contributed by atoms with Crippen molar-refractivity contribution < 1.29 is 4.79 Å². The fourth-order valence-electron chi connectivity index (χ4n) is 3.54. The monoisotopic (exact) mass is 446 g/mol. The van der Waals surface area contributed by atoms with Gasteiger partial charge in [-0.3, -0.25) is 14.9 Å². The van der Waals surface area contributed by atoms with E-state index in [2.05, 4.69) is 41.0 Å². The SMILES string of the molecule is O=C(Nc1cnccc1N1CCNCC1)c1csc(Nc2cc(-c3ccccc3)n[nH]2)n1. The Morgan fingerprint density at radius 2 is 1.97 bits per heavy atom. The molecule has 1 fully saturated rings. The number of aromatic nitrogens is 4. The van der Waals surface area contributed by atoms with Crippen LogP contribution in [-0.4, -0.2) is 52.3 Å². The number of pyridine rings is 1. The Balaban J connectivity index is 1.26. The van der Waals surface area contributed by atoms with Crippen molar-refractivity contribution in [2.75, 3.05) is 41.7 Å². The number of carbonyl (C=O) groups is 1. The summed E-state index contributed by atoms with van der Waals surface area (Å²) in [6.45, 7) is 3.59. The molecule has 0 atom stereocenters. The van der Waals surface area contributed by atoms with E-state index in [0.29, 0.717) is 22.3 Å². The number of H-pyrrole nitrogens is 1. The van der Waals surface area contributed by atoms with Crippen LogP contribution in [0.25, 0.3) is 11.3 Å². The van der Waals surface area contributed by atoms with Crippen molar-refractivity contribution >= 4 is 39.6 Å². The molecule has 32 heavy (non-hydrogen) atoms. The van der Waals surface area contributed by atoms with E-state index >= 15 is 0 Å². The van der Waals surface area contributed by atoms with Gasteiger partial charge in [-0.1, -0.05) is 30.3 Å². The maximum atomic E-state index is 12.8. The number of thiazole rings is 1. The molecular formula is C22H22N8OS. The van der Waals surface area contributed by atoms with Crippen LogP contribution in [0.3, 0.4) is 0 Å². The molecule has 4 heterocycles. The van der Waals surface area contributed by atoms with Gasteiger partial charge in [-0.05, 0) is 6.07 Å². The summed E-state index contributed by atoms with van der Waals surface area (Å²) in [6, 6.07) is 13.7. The summed E-state index contributed by atoms with van der Waals surface area (Å²) >= 11 is 1.36. The normalized spacial score (nSPS) is 13.7. The van der Waals surface area contributed by atoms with Gasteiger partial charge in [0, 0.05) is 49.4 Å². The second-order valence-corrected chi connectivity index (χ2v) is 8.14. The number of aromatic amines is 1. The Morgan fingerprint density at radius 3 is 2.81 bits per heavy atom. The van der Waals surface area contributed by atoms with Gasteiger partial charge in [0.25, 0.3) is 5.91 Å². The lowest BCUT2D eigenvalue weighted by molar-refractivity contribution is 0.102. The Kier molecular flexibility index (Phi) is 5.77. The first-order valence-electron chi connectivity index (χ1n) is 10.3. The van der Waals surface area contributed by atoms with Gasteiger partial charge in [-0.2, -0.15) is 5.10 Å². The number of hydrogen-bond donors (Lipinski definition) is 4. The molecule has 1 aliphatic heterocycles. The number of anilines is 4. The van der Waals surface area contributed by atoms with Gasteiger partial charge in [0.15, 0.2) is 5.13 Å². The van der Waals surface area contributed by atoms with Gasteiger partial charge in [0.1, 0.15) is 11.5 Å². The average Bonchev–Trinajstić information content (AvgIpc) is 3.51. The molecule has 0 aliphatic carbocycles. The van der Waals surface area contributed by atoms with Crippen molar-refractivity contribution in [2.45, 2.75) is 0 Å². The summed E-state index contributed by atoms with van der Waals surface area (Å²) in [7, 11) is 0. The maximum Gasteiger partial charge on any atom is 0.275 e. The van der Waals surface area contributed by atoms with Gasteiger partial charge in [0.2, 0.25) is 0 Å². The van der Waals surface area contributed by atoms with Crippen LogP contribution in [0.15, 0.2) is 60.2 Å². The smallest absolute Gasteiger partial charge is 0.275 e. The molecule has 5 rings (SSSR count). The number of benzene rings is 1. The van der Waals surface area contributed by atoms with E-state index in [4.69, 9.17) is 0 Å². The predicted octanol–water partition coefficient (Wildman–Crippen LogP) is 3.33. The largest absolute Gasteiger partial charge is 0.367 e. The highest BCUT2D eigenvalue weighted by atomic mass is 32.1. The van der Waals surface area contributed by atoms with Gasteiger partial charge in [-0.15, -0.1) is 11.3 Å². The first kappa shape index (κ1) is 20.2. The van der Waals surface area contributed by atoms with E-state index in [1.165, 1.54) is 11.3 Å². The lowest BCUT2D eigenvalue weighted by Gasteiger charge is -2.30. The molecule has 1 saturated heterocycles. The molecule has 9 nitrogen and oxygen atoms in total. The Bertz CT molecular complexity index is 1200. The molecule has 1 aliphatic rings. The molecular weight excluding hydrogens is 424 g/mol. The zero-order valence-corrected chi connectivity index (χ0v) is 18.0. The molecule has 1 aromatic carbocycles. The molecule has 0 unspecified atom stereocenters. The topological polar surface area (TPSA) is 111 Å². The number of carbonyl (C=O) groups excluding carboxylic acids is 1. The lowest BCUT2D eigenvalue weighted by Crippen LogP contribution is -2.43. The molecule has 0 radical (unpaired) electrons. The van der Waals surface area contributed by atoms with Crippen molar-refractivity contribution in [1.29, 1.82) is 0 Å². The number of amides is 1. The highest BCUT2D eigenvalue weighted by Crippen LogP contribution is 2.27. The lowest BCUT2D eigenvalue weighted by atomic mass is 10.2. The molecule has 4 N–H and O–H groups in total. The van der Waals surface area contributed by atoms with E-state index in [1.807, 2.05) is 42.5 Å². The maximum absolute atomic E-state index is 12.8. The first-order chi connectivity index (χ1) is 15.8. The fourth-order valence-corrected chi connectivity index (χ4v) is 4.25. The Morgan fingerprint density at radius 1 is 1.12 bits per heavy atom. The fraction of sp³-hybridized carbons (Fsp3) is 0.182. The van der Waals surface area contributed by atoms with Gasteiger partial charge < -0.3 is 20.9 Å². The third kappa shape index (κ3) is 4.46. The van der Waals surface area contributed by atoms with Crippen molar-refractivity contribution in [3.63, 3.8) is 0 Å². The second-order valence-electron chi connectivity index (χ2n) is 7.28. The standard InChI is InChI=1S/C22H22N8OS/c31-21(25-17-13-24-7-6-19(17)30-10-8-23-9-11-30)18-14-32-22(26-18)27-20-12-16(28-29-20)15-4-2-1-3-5-15/h1-7,12-14,23H,8-11H2,(H,25,31)(H2,26,27,28,29). The zero-order valence-electron chi connectivity index (χ0n) is 17.2. The second kappa shape index (κ2) is 9.16. The number of hydrogen-bond acceptors (Lipinski definition) is 8. The third-order valence-electron chi connectivity index (χ3n) is 5.13. The van der Waals surface area contributed by atoms with Crippen LogP contribution in [-0.2, 0) is 0 Å². The van der Waals surface area contributed by atoms with Gasteiger partial charge in [0.05, 0.1) is 23.3 Å². The molecule has 1 amide bonds. The van der Waals surface area contributed by atoms with Crippen molar-refractivity contribution in [3.8, 4) is 11.3 Å². The minimum atomic E-state index is -0.270. The minimum absolute atomic E-state index is 0.270. The van der Waals surface area contributed by atoms with Crippen molar-refractivity contribution in [3.05, 3.63) is 65.9 Å². The van der Waals surface area contributed by atoms with Gasteiger partial charge in [-0.25, -0.2) is 4.98 Å². The molecule has 162 valence electrons. The van der Waals surface area contributed by atoms with Crippen molar-refractivity contribution in [1.82, 2.24) is 25.5 Å². The predicted molar refractivity (Wildman–Crippen MR) is 127 cm³/mol. The van der Waals surface area contributed by atoms with E-state index in [1.54, 1.807) is 17.8 Å². The summed E-state index contributed by atoms with van der Waals surface area (Å²) in [5.41, 5.74) is 3.85. The van der Waals surface area contributed by atoms with Gasteiger partial charge >= 0.3 is 0 Å². The Labute approximate surface area is 188 Å². The zero-order chi connectivity index (χ0) is 21.8. The molecule has 0 spiro atoms. The summed E-state index contributed by atoms with van der Waals surface area (Å²) < 4.78 is 0. The van der Waals surface area contributed by atoms with Crippen LogP contribution in [0.1, 0.15) is 10.5 Å². The van der Waals surface area contributed by atoms with Crippen molar-refractivity contribution in [2.24, 2.45) is 0 Å². The summed E-state index contributed by atoms with van der Waals surface area (Å²) in [5.74, 6) is 0.437. The van der Waals surface area contributed by atoms with Crippen LogP contribution in [0.5, 0.6) is 0 Å². The average molecular weight is 447 g/mol. The summed E-state index contributed by atoms with van der Waals surface area (Å²) in [6.07, 6.45) is 3.42. The molecule has 4 aromatic rings. The number of rotatable bonds is 6. The van der Waals surface area contributed by atoms with E-state index in [9.17, 15) is 4.79 Å². The summed E-state index contributed by atoms with van der Waals surface area (Å²) in [4.78, 5) is 23.7. The van der Waals surface area contributed by atoms with E-state index < -0.39 is 0 Å². The number of nitrogens with zero attached hydrogens (tertiary/aromatic N) is 4. The van der Waals surface area contributed by atoms with Crippen LogP contribution in [0.4, 0.5) is 22.3 Å². The summed E-state index contributed by atoms with van der Waals surface area (Å²) in [5, 5.41) is 19.1. The highest BCUT2D eigenvalue weighted by Gasteiger charge is 2.18. The van der Waals surface area contributed by atoms with Crippen LogP contribution >= 0.6 is 11.3 Å². The molecule has 0 saturated carbocycles. The minimum Gasteiger partial charge on any atom is -0.367 e. The Hall–Kier alpha value is -3.76. The first-order valence-corrected chi connectivity index (χ1v) is 11.2. The molecule has 10 heteroatoms. The number of piperazine rings is 1. The van der Waals surface area contributed by atoms with Crippen LogP contribution in [0.2, 0.25) is 0 Å². The van der Waals surface area contributed by atoms with E-state index in [0.717, 1.165) is 43.1 Å². The molecule has 0 bridgehead atoms. The van der Waals surface area contributed by atoms with Crippen LogP contribution < -0.4 is 20.9 Å².